The van der Waals surface area contributed by atoms with E-state index in [9.17, 15) is 4.39 Å². The van der Waals surface area contributed by atoms with Gasteiger partial charge in [0.15, 0.2) is 0 Å². The molecule has 0 spiro atoms. The van der Waals surface area contributed by atoms with Gasteiger partial charge in [-0.15, -0.1) is 5.10 Å². The number of aromatic nitrogens is 3. The van der Waals surface area contributed by atoms with Gasteiger partial charge >= 0.3 is 0 Å². The molecule has 5 nitrogen and oxygen atoms in total. The Labute approximate surface area is 140 Å². The van der Waals surface area contributed by atoms with Crippen molar-refractivity contribution in [2.24, 2.45) is 0 Å². The zero-order chi connectivity index (χ0) is 16.4. The van der Waals surface area contributed by atoms with E-state index in [0.717, 1.165) is 43.7 Å². The molecule has 0 aliphatic carbocycles. The molecule has 1 aromatic heterocycles. The van der Waals surface area contributed by atoms with Gasteiger partial charge in [0, 0.05) is 37.4 Å². The van der Waals surface area contributed by atoms with E-state index in [-0.39, 0.29) is 11.2 Å². The first-order chi connectivity index (χ1) is 11.8. The number of benzene rings is 1. The van der Waals surface area contributed by atoms with Gasteiger partial charge in [0.25, 0.3) is 0 Å². The van der Waals surface area contributed by atoms with E-state index in [4.69, 9.17) is 9.47 Å². The summed E-state index contributed by atoms with van der Waals surface area (Å²) >= 11 is 0. The molecule has 0 N–H and O–H groups in total. The van der Waals surface area contributed by atoms with Crippen LogP contribution >= 0.6 is 0 Å². The summed E-state index contributed by atoms with van der Waals surface area (Å²) in [5.74, 6) is 0.152. The van der Waals surface area contributed by atoms with Gasteiger partial charge in [0.1, 0.15) is 5.82 Å². The topological polar surface area (TPSA) is 49.2 Å². The van der Waals surface area contributed by atoms with E-state index in [2.05, 4.69) is 10.3 Å². The molecule has 1 atom stereocenters. The van der Waals surface area contributed by atoms with Crippen LogP contribution < -0.4 is 0 Å². The van der Waals surface area contributed by atoms with Crippen molar-refractivity contribution in [3.05, 3.63) is 47.5 Å². The largest absolute Gasteiger partial charge is 0.381 e. The molecule has 2 aliphatic heterocycles. The molecular weight excluding hydrogens is 309 g/mol. The smallest absolute Gasteiger partial charge is 0.123 e. The second-order valence-electron chi connectivity index (χ2n) is 6.80. The van der Waals surface area contributed by atoms with Crippen LogP contribution in [0.25, 0.3) is 0 Å². The Balaban J connectivity index is 1.60. The summed E-state index contributed by atoms with van der Waals surface area (Å²) < 4.78 is 26.6. The lowest BCUT2D eigenvalue weighted by atomic mass is 9.74. The molecule has 2 aromatic rings. The van der Waals surface area contributed by atoms with Gasteiger partial charge < -0.3 is 9.47 Å². The quantitative estimate of drug-likeness (QED) is 0.864. The highest BCUT2D eigenvalue weighted by atomic mass is 19.1. The Bertz CT molecular complexity index is 691. The number of ether oxygens (including phenoxy) is 2. The average Bonchev–Trinajstić information content (AvgIpc) is 3.27. The highest BCUT2D eigenvalue weighted by Gasteiger charge is 2.36. The van der Waals surface area contributed by atoms with Crippen LogP contribution in [0.1, 0.15) is 36.4 Å². The van der Waals surface area contributed by atoms with Crippen molar-refractivity contribution in [1.29, 1.82) is 0 Å². The average molecular weight is 331 g/mol. The third-order valence-electron chi connectivity index (χ3n) is 5.26. The Morgan fingerprint density at radius 3 is 2.83 bits per heavy atom. The summed E-state index contributed by atoms with van der Waals surface area (Å²) in [5.41, 5.74) is 1.86. The van der Waals surface area contributed by atoms with Crippen LogP contribution in [-0.2, 0) is 21.4 Å². The van der Waals surface area contributed by atoms with Crippen LogP contribution in [0.3, 0.4) is 0 Å². The standard InChI is InChI=1S/C18H22FN3O2/c19-16-3-1-2-15(10-16)18(5-8-23-9-6-18)13-22-11-17(20-21-22)14-4-7-24-12-14/h1-3,10-11,14H,4-9,12-13H2/t14-/m0/s1. The third-order valence-corrected chi connectivity index (χ3v) is 5.26. The van der Waals surface area contributed by atoms with Crippen LogP contribution in [-0.4, -0.2) is 41.4 Å². The molecule has 0 radical (unpaired) electrons. The Hall–Kier alpha value is -1.79. The summed E-state index contributed by atoms with van der Waals surface area (Å²) in [7, 11) is 0. The maximum Gasteiger partial charge on any atom is 0.123 e. The normalized spacial score (nSPS) is 23.5. The Morgan fingerprint density at radius 2 is 2.08 bits per heavy atom. The van der Waals surface area contributed by atoms with Crippen molar-refractivity contribution in [2.45, 2.75) is 37.1 Å². The molecule has 2 aliphatic rings. The van der Waals surface area contributed by atoms with Crippen molar-refractivity contribution in [3.63, 3.8) is 0 Å². The van der Waals surface area contributed by atoms with Gasteiger partial charge in [0.2, 0.25) is 0 Å². The van der Waals surface area contributed by atoms with Crippen molar-refractivity contribution in [3.8, 4) is 0 Å². The van der Waals surface area contributed by atoms with Crippen LogP contribution in [0.2, 0.25) is 0 Å². The fourth-order valence-corrected chi connectivity index (χ4v) is 3.77. The number of hydrogen-bond donors (Lipinski definition) is 0. The number of rotatable bonds is 4. The van der Waals surface area contributed by atoms with Gasteiger partial charge in [-0.05, 0) is 37.0 Å². The number of hydrogen-bond acceptors (Lipinski definition) is 4. The Kier molecular flexibility index (Phi) is 4.33. The third kappa shape index (κ3) is 3.08. The maximum atomic E-state index is 13.8. The second-order valence-corrected chi connectivity index (χ2v) is 6.80. The van der Waals surface area contributed by atoms with Crippen LogP contribution in [0.5, 0.6) is 0 Å². The second kappa shape index (κ2) is 6.61. The van der Waals surface area contributed by atoms with Crippen molar-refractivity contribution < 1.29 is 13.9 Å². The molecule has 0 saturated carbocycles. The summed E-state index contributed by atoms with van der Waals surface area (Å²) in [6.45, 7) is 3.59. The molecule has 1 aromatic carbocycles. The predicted octanol–water partition coefficient (Wildman–Crippen LogP) is 2.67. The lowest BCUT2D eigenvalue weighted by Gasteiger charge is -2.37. The van der Waals surface area contributed by atoms with Gasteiger partial charge in [-0.3, -0.25) is 4.68 Å². The van der Waals surface area contributed by atoms with E-state index >= 15 is 0 Å². The number of halogens is 1. The summed E-state index contributed by atoms with van der Waals surface area (Å²) in [5, 5.41) is 8.66. The summed E-state index contributed by atoms with van der Waals surface area (Å²) in [6.07, 6.45) is 4.74. The van der Waals surface area contributed by atoms with Crippen molar-refractivity contribution in [1.82, 2.24) is 15.0 Å². The van der Waals surface area contributed by atoms with Crippen LogP contribution in [0, 0.1) is 5.82 Å². The molecular formula is C18H22FN3O2. The summed E-state index contributed by atoms with van der Waals surface area (Å²) in [4.78, 5) is 0. The highest BCUT2D eigenvalue weighted by Crippen LogP contribution is 2.37. The fraction of sp³-hybridized carbons (Fsp3) is 0.556. The molecule has 0 amide bonds. The molecule has 2 saturated heterocycles. The van der Waals surface area contributed by atoms with Gasteiger partial charge in [-0.2, -0.15) is 0 Å². The van der Waals surface area contributed by atoms with E-state index in [0.29, 0.717) is 25.7 Å². The van der Waals surface area contributed by atoms with Gasteiger partial charge in [0.05, 0.1) is 18.8 Å². The molecule has 4 rings (SSSR count). The lowest BCUT2D eigenvalue weighted by Crippen LogP contribution is -2.38. The molecule has 2 fully saturated rings. The molecule has 3 heterocycles. The monoisotopic (exact) mass is 331 g/mol. The van der Waals surface area contributed by atoms with E-state index in [1.54, 1.807) is 12.1 Å². The maximum absolute atomic E-state index is 13.8. The first kappa shape index (κ1) is 15.7. The first-order valence-electron chi connectivity index (χ1n) is 8.57. The van der Waals surface area contributed by atoms with E-state index in [1.165, 1.54) is 6.07 Å². The first-order valence-corrected chi connectivity index (χ1v) is 8.57. The number of nitrogens with zero attached hydrogens (tertiary/aromatic N) is 3. The van der Waals surface area contributed by atoms with Crippen molar-refractivity contribution >= 4 is 0 Å². The fourth-order valence-electron chi connectivity index (χ4n) is 3.77. The van der Waals surface area contributed by atoms with Crippen LogP contribution in [0.4, 0.5) is 4.39 Å². The lowest BCUT2D eigenvalue weighted by molar-refractivity contribution is 0.0418. The van der Waals surface area contributed by atoms with Gasteiger partial charge in [-0.25, -0.2) is 4.39 Å². The van der Waals surface area contributed by atoms with Crippen molar-refractivity contribution in [2.75, 3.05) is 26.4 Å². The minimum absolute atomic E-state index is 0.155. The zero-order valence-corrected chi connectivity index (χ0v) is 13.7. The SMILES string of the molecule is Fc1cccc(C2(Cn3cc([C@H]4CCOC4)nn3)CCOCC2)c1. The minimum atomic E-state index is -0.194. The van der Waals surface area contributed by atoms with E-state index < -0.39 is 0 Å². The highest BCUT2D eigenvalue weighted by molar-refractivity contribution is 5.27. The van der Waals surface area contributed by atoms with E-state index in [1.807, 2.05) is 16.9 Å². The summed E-state index contributed by atoms with van der Waals surface area (Å²) in [6, 6.07) is 6.93. The minimum Gasteiger partial charge on any atom is -0.381 e. The predicted molar refractivity (Wildman–Crippen MR) is 86.3 cm³/mol. The van der Waals surface area contributed by atoms with Crippen LogP contribution in [0.15, 0.2) is 30.5 Å². The zero-order valence-electron chi connectivity index (χ0n) is 13.7. The molecule has 128 valence electrons. The molecule has 0 bridgehead atoms. The molecule has 24 heavy (non-hydrogen) atoms. The van der Waals surface area contributed by atoms with Gasteiger partial charge in [-0.1, -0.05) is 17.3 Å². The Morgan fingerprint density at radius 1 is 1.21 bits per heavy atom. The molecule has 0 unspecified atom stereocenters. The molecule has 6 heteroatoms.